The number of ether oxygens (including phenoxy) is 1. The molecule has 4 atom stereocenters. The van der Waals surface area contributed by atoms with Gasteiger partial charge in [0, 0.05) is 19.6 Å². The van der Waals surface area contributed by atoms with Crippen molar-refractivity contribution < 1.29 is 36.0 Å². The molecule has 3 heterocycles. The first-order valence-electron chi connectivity index (χ1n) is 7.08. The zero-order valence-corrected chi connectivity index (χ0v) is 12.7. The van der Waals surface area contributed by atoms with Gasteiger partial charge in [-0.05, 0) is 12.8 Å². The van der Waals surface area contributed by atoms with Gasteiger partial charge >= 0.3 is 22.4 Å². The summed E-state index contributed by atoms with van der Waals surface area (Å²) in [5, 5.41) is 3.29. The number of carbonyl (C=O) groups excluding carboxylic acids is 2. The van der Waals surface area contributed by atoms with Crippen LogP contribution in [0.2, 0.25) is 0 Å². The Morgan fingerprint density at radius 1 is 1.35 bits per heavy atom. The third-order valence-electron chi connectivity index (χ3n) is 4.13. The molecule has 130 valence electrons. The number of esters is 1. The number of fused-ring (bicyclic) bond motifs is 2. The molecule has 3 fully saturated rings. The predicted octanol–water partition coefficient (Wildman–Crippen LogP) is -1.16. The Hall–Kier alpha value is -1.50. The van der Waals surface area contributed by atoms with Crippen LogP contribution in [-0.4, -0.2) is 78.9 Å². The summed E-state index contributed by atoms with van der Waals surface area (Å²) in [6, 6.07) is -2.37. The van der Waals surface area contributed by atoms with Crippen molar-refractivity contribution in [3.05, 3.63) is 0 Å². The highest BCUT2D eigenvalue weighted by Crippen LogP contribution is 2.31. The minimum atomic E-state index is -4.84. The van der Waals surface area contributed by atoms with Crippen molar-refractivity contribution in [3.8, 4) is 0 Å². The molecule has 3 aliphatic heterocycles. The highest BCUT2D eigenvalue weighted by molar-refractivity contribution is 7.80. The first-order valence-corrected chi connectivity index (χ1v) is 8.45. The Balaban J connectivity index is 1.67. The van der Waals surface area contributed by atoms with E-state index in [0.717, 1.165) is 4.90 Å². The molecule has 0 aromatic carbocycles. The first-order chi connectivity index (χ1) is 10.8. The van der Waals surface area contributed by atoms with Crippen molar-refractivity contribution in [2.75, 3.05) is 19.6 Å². The minimum Gasteiger partial charge on any atom is -0.456 e. The van der Waals surface area contributed by atoms with Gasteiger partial charge in [0.05, 0.1) is 6.04 Å². The number of rotatable bonds is 4. The molecule has 2 bridgehead atoms. The fourth-order valence-electron chi connectivity index (χ4n) is 3.04. The van der Waals surface area contributed by atoms with Gasteiger partial charge in [0.25, 0.3) is 0 Å². The van der Waals surface area contributed by atoms with Gasteiger partial charge in [0.15, 0.2) is 6.17 Å². The van der Waals surface area contributed by atoms with Crippen LogP contribution in [0.15, 0.2) is 0 Å². The molecule has 0 aliphatic carbocycles. The van der Waals surface area contributed by atoms with Gasteiger partial charge in [0.1, 0.15) is 12.1 Å². The number of hydrogen-bond acceptors (Lipinski definition) is 7. The summed E-state index contributed by atoms with van der Waals surface area (Å²) in [5.74, 6) is -0.734. The van der Waals surface area contributed by atoms with Gasteiger partial charge in [-0.15, -0.1) is 4.28 Å². The Kier molecular flexibility index (Phi) is 4.16. The minimum absolute atomic E-state index is 0.0656. The number of nitrogens with zero attached hydrogens (tertiary/aromatic N) is 2. The first kappa shape index (κ1) is 16.4. The van der Waals surface area contributed by atoms with Crippen molar-refractivity contribution >= 4 is 22.4 Å². The Morgan fingerprint density at radius 3 is 2.70 bits per heavy atom. The summed E-state index contributed by atoms with van der Waals surface area (Å²) in [6.45, 7) is 0.369. The van der Waals surface area contributed by atoms with Crippen LogP contribution in [0, 0.1) is 0 Å². The molecule has 0 radical (unpaired) electrons. The van der Waals surface area contributed by atoms with Crippen LogP contribution in [0.3, 0.4) is 0 Å². The molecular formula is C11H16FN3O7S. The smallest absolute Gasteiger partial charge is 0.418 e. The molecule has 3 aliphatic rings. The number of halogens is 1. The Morgan fingerprint density at radius 2 is 2.09 bits per heavy atom. The number of nitrogens with one attached hydrogen (secondary N) is 1. The van der Waals surface area contributed by atoms with E-state index in [4.69, 9.17) is 9.29 Å². The van der Waals surface area contributed by atoms with E-state index in [0.29, 0.717) is 11.5 Å². The van der Waals surface area contributed by atoms with E-state index in [2.05, 4.69) is 9.60 Å². The highest BCUT2D eigenvalue weighted by atomic mass is 32.3. The van der Waals surface area contributed by atoms with E-state index in [1.54, 1.807) is 0 Å². The second kappa shape index (κ2) is 5.85. The quantitative estimate of drug-likeness (QED) is 0.479. The second-order valence-corrected chi connectivity index (χ2v) is 6.66. The summed E-state index contributed by atoms with van der Waals surface area (Å²) in [6.07, 6.45) is -1.68. The molecule has 0 saturated carbocycles. The van der Waals surface area contributed by atoms with E-state index in [1.807, 2.05) is 0 Å². The largest absolute Gasteiger partial charge is 0.456 e. The SMILES string of the molecule is O=C(O[C@H]1CNC[C@@H]1F)[C@@H]1CC[C@@H]2CN1C(=O)N2OS(=O)(=O)O. The molecule has 0 aromatic rings. The molecule has 0 unspecified atom stereocenters. The maximum atomic E-state index is 13.5. The molecule has 12 heteroatoms. The lowest BCUT2D eigenvalue weighted by atomic mass is 10.0. The van der Waals surface area contributed by atoms with Gasteiger partial charge in [-0.2, -0.15) is 13.5 Å². The zero-order valence-electron chi connectivity index (χ0n) is 11.9. The van der Waals surface area contributed by atoms with Crippen LogP contribution in [0.4, 0.5) is 9.18 Å². The van der Waals surface area contributed by atoms with Crippen molar-refractivity contribution in [1.82, 2.24) is 15.3 Å². The van der Waals surface area contributed by atoms with Crippen molar-refractivity contribution in [2.24, 2.45) is 0 Å². The second-order valence-electron chi connectivity index (χ2n) is 5.66. The number of hydroxylamine groups is 2. The molecule has 2 N–H and O–H groups in total. The van der Waals surface area contributed by atoms with Gasteiger partial charge in [0.2, 0.25) is 0 Å². The van der Waals surface area contributed by atoms with Crippen LogP contribution < -0.4 is 5.32 Å². The number of piperidine rings is 1. The lowest BCUT2D eigenvalue weighted by Gasteiger charge is -2.29. The van der Waals surface area contributed by atoms with Crippen LogP contribution in [-0.2, 0) is 24.2 Å². The number of hydrogen-bond donors (Lipinski definition) is 2. The van der Waals surface area contributed by atoms with E-state index in [-0.39, 0.29) is 26.1 Å². The summed E-state index contributed by atoms with van der Waals surface area (Å²) in [5.41, 5.74) is 0. The molecule has 0 spiro atoms. The third-order valence-corrected chi connectivity index (χ3v) is 4.47. The van der Waals surface area contributed by atoms with E-state index >= 15 is 0 Å². The number of urea groups is 1. The van der Waals surface area contributed by atoms with E-state index in [9.17, 15) is 22.4 Å². The summed E-state index contributed by atoms with van der Waals surface area (Å²) in [7, 11) is -4.84. The molecule has 0 aromatic heterocycles. The molecule has 23 heavy (non-hydrogen) atoms. The Labute approximate surface area is 131 Å². The molecule has 3 saturated heterocycles. The van der Waals surface area contributed by atoms with E-state index in [1.165, 1.54) is 0 Å². The monoisotopic (exact) mass is 353 g/mol. The number of amides is 2. The molecule has 3 rings (SSSR count). The molecule has 2 amide bonds. The molecule has 10 nitrogen and oxygen atoms in total. The van der Waals surface area contributed by atoms with Gasteiger partial charge in [-0.25, -0.2) is 14.0 Å². The molecular weight excluding hydrogens is 337 g/mol. The average Bonchev–Trinajstić information content (AvgIpc) is 2.96. The van der Waals surface area contributed by atoms with Gasteiger partial charge in [-0.3, -0.25) is 4.55 Å². The predicted molar refractivity (Wildman–Crippen MR) is 71.0 cm³/mol. The zero-order chi connectivity index (χ0) is 16.8. The van der Waals surface area contributed by atoms with Crippen LogP contribution in [0.25, 0.3) is 0 Å². The highest BCUT2D eigenvalue weighted by Gasteiger charge is 2.50. The fraction of sp³-hybridized carbons (Fsp3) is 0.818. The van der Waals surface area contributed by atoms with E-state index < -0.39 is 46.8 Å². The Bertz CT molecular complexity index is 615. The summed E-state index contributed by atoms with van der Waals surface area (Å²) >= 11 is 0. The van der Waals surface area contributed by atoms with Crippen LogP contribution in [0.1, 0.15) is 12.8 Å². The van der Waals surface area contributed by atoms with Crippen molar-refractivity contribution in [3.63, 3.8) is 0 Å². The summed E-state index contributed by atoms with van der Waals surface area (Å²) < 4.78 is 53.1. The van der Waals surface area contributed by atoms with Gasteiger partial charge in [-0.1, -0.05) is 0 Å². The maximum absolute atomic E-state index is 13.5. The van der Waals surface area contributed by atoms with Crippen LogP contribution >= 0.6 is 0 Å². The standard InChI is InChI=1S/C11H16FN3O7S/c12-7-3-13-4-9(7)21-10(16)8-2-1-6-5-14(8)11(17)15(6)22-23(18,19)20/h6-9,13H,1-5H2,(H,18,19,20)/t6-,7+,8+,9+/m1/s1. The number of carbonyl (C=O) groups is 2. The van der Waals surface area contributed by atoms with Crippen LogP contribution in [0.5, 0.6) is 0 Å². The topological polar surface area (TPSA) is 125 Å². The third kappa shape index (κ3) is 3.24. The lowest BCUT2D eigenvalue weighted by molar-refractivity contribution is -0.156. The lowest BCUT2D eigenvalue weighted by Crippen LogP contribution is -2.47. The fourth-order valence-corrected chi connectivity index (χ4v) is 3.43. The average molecular weight is 353 g/mol. The van der Waals surface area contributed by atoms with Crippen molar-refractivity contribution in [1.29, 1.82) is 0 Å². The normalized spacial score (nSPS) is 34.1. The van der Waals surface area contributed by atoms with Crippen molar-refractivity contribution in [2.45, 2.75) is 37.2 Å². The number of alkyl halides is 1. The van der Waals surface area contributed by atoms with Gasteiger partial charge < -0.3 is 15.0 Å². The summed E-state index contributed by atoms with van der Waals surface area (Å²) in [4.78, 5) is 25.4. The maximum Gasteiger partial charge on any atom is 0.418 e.